The topological polar surface area (TPSA) is 55.4 Å². The summed E-state index contributed by atoms with van der Waals surface area (Å²) in [4.78, 5) is 23.6. The molecule has 0 aliphatic heterocycles. The van der Waals surface area contributed by atoms with E-state index in [9.17, 15) is 9.59 Å². The van der Waals surface area contributed by atoms with Gasteiger partial charge in [-0.05, 0) is 29.9 Å². The Labute approximate surface area is 137 Å². The highest BCUT2D eigenvalue weighted by Gasteiger charge is 2.28. The fraction of sp³-hybridized carbons (Fsp3) is 0.474. The molecule has 23 heavy (non-hydrogen) atoms. The maximum atomic E-state index is 11.9. The molecular formula is C19H25NO3. The molecule has 1 aliphatic carbocycles. The number of carbonyl (C=O) groups excluding carboxylic acids is 2. The Morgan fingerprint density at radius 2 is 1.96 bits per heavy atom. The molecule has 0 radical (unpaired) electrons. The zero-order valence-corrected chi connectivity index (χ0v) is 13.8. The number of esters is 1. The second-order valence-electron chi connectivity index (χ2n) is 6.29. The first-order valence-electron chi connectivity index (χ1n) is 8.25. The summed E-state index contributed by atoms with van der Waals surface area (Å²) in [5.41, 5.74) is 0.916. The summed E-state index contributed by atoms with van der Waals surface area (Å²) in [6.45, 7) is 4.16. The fourth-order valence-corrected chi connectivity index (χ4v) is 2.95. The molecule has 4 nitrogen and oxygen atoms in total. The lowest BCUT2D eigenvalue weighted by Gasteiger charge is -2.34. The minimum atomic E-state index is -0.505. The summed E-state index contributed by atoms with van der Waals surface area (Å²) in [6, 6.07) is 9.66. The molecule has 2 rings (SSSR count). The van der Waals surface area contributed by atoms with Crippen LogP contribution in [0, 0.1) is 11.8 Å². The van der Waals surface area contributed by atoms with E-state index < -0.39 is 5.97 Å². The van der Waals surface area contributed by atoms with Crippen LogP contribution in [0.15, 0.2) is 36.4 Å². The van der Waals surface area contributed by atoms with Gasteiger partial charge in [0.1, 0.15) is 0 Å². The summed E-state index contributed by atoms with van der Waals surface area (Å²) < 4.78 is 4.99. The van der Waals surface area contributed by atoms with E-state index in [1.165, 1.54) is 12.5 Å². The molecular weight excluding hydrogens is 290 g/mol. The number of ether oxygens (including phenoxy) is 1. The molecule has 0 spiro atoms. The van der Waals surface area contributed by atoms with E-state index in [4.69, 9.17) is 4.74 Å². The third-order valence-electron chi connectivity index (χ3n) is 4.61. The van der Waals surface area contributed by atoms with Crippen molar-refractivity contribution in [1.82, 2.24) is 5.32 Å². The lowest BCUT2D eigenvalue weighted by molar-refractivity contribution is -0.144. The van der Waals surface area contributed by atoms with Gasteiger partial charge in [0.05, 0.1) is 0 Å². The lowest BCUT2D eigenvalue weighted by Crippen LogP contribution is -2.45. The number of rotatable bonds is 5. The van der Waals surface area contributed by atoms with E-state index >= 15 is 0 Å². The van der Waals surface area contributed by atoms with Crippen LogP contribution in [-0.4, -0.2) is 24.5 Å². The van der Waals surface area contributed by atoms with E-state index in [1.807, 2.05) is 30.3 Å². The van der Waals surface area contributed by atoms with Crippen molar-refractivity contribution in [3.63, 3.8) is 0 Å². The van der Waals surface area contributed by atoms with Crippen molar-refractivity contribution in [3.05, 3.63) is 42.0 Å². The monoisotopic (exact) mass is 315 g/mol. The highest BCUT2D eigenvalue weighted by molar-refractivity contribution is 5.89. The molecule has 1 aliphatic rings. The minimum Gasteiger partial charge on any atom is -0.452 e. The molecule has 1 fully saturated rings. The predicted octanol–water partition coefficient (Wildman–Crippen LogP) is 3.18. The summed E-state index contributed by atoms with van der Waals surface area (Å²) >= 11 is 0. The number of hydrogen-bond acceptors (Lipinski definition) is 3. The van der Waals surface area contributed by atoms with Gasteiger partial charge in [-0.15, -0.1) is 0 Å². The number of amides is 1. The highest BCUT2D eigenvalue weighted by Crippen LogP contribution is 2.29. The fourth-order valence-electron chi connectivity index (χ4n) is 2.95. The zero-order valence-electron chi connectivity index (χ0n) is 13.8. The molecule has 0 saturated heterocycles. The van der Waals surface area contributed by atoms with Crippen LogP contribution in [0.4, 0.5) is 0 Å². The Morgan fingerprint density at radius 1 is 1.22 bits per heavy atom. The molecule has 0 heterocycles. The largest absolute Gasteiger partial charge is 0.452 e. The van der Waals surface area contributed by atoms with Gasteiger partial charge in [0.2, 0.25) is 0 Å². The first-order chi connectivity index (χ1) is 11.1. The first-order valence-corrected chi connectivity index (χ1v) is 8.25. The first kappa shape index (κ1) is 17.3. The van der Waals surface area contributed by atoms with Crippen LogP contribution >= 0.6 is 0 Å². The van der Waals surface area contributed by atoms with Gasteiger partial charge in [0.25, 0.3) is 5.91 Å². The lowest BCUT2D eigenvalue weighted by atomic mass is 9.78. The van der Waals surface area contributed by atoms with Gasteiger partial charge in [0.15, 0.2) is 6.61 Å². The average Bonchev–Trinajstić information content (AvgIpc) is 2.56. The van der Waals surface area contributed by atoms with Gasteiger partial charge >= 0.3 is 5.97 Å². The molecule has 1 amide bonds. The Morgan fingerprint density at radius 3 is 2.70 bits per heavy atom. The molecule has 4 heteroatoms. The number of nitrogens with one attached hydrogen (secondary N) is 1. The summed E-state index contributed by atoms with van der Waals surface area (Å²) in [6.07, 6.45) is 6.36. The molecule has 1 N–H and O–H groups in total. The maximum absolute atomic E-state index is 11.9. The third-order valence-corrected chi connectivity index (χ3v) is 4.61. The number of hydrogen-bond donors (Lipinski definition) is 1. The van der Waals surface area contributed by atoms with Gasteiger partial charge in [-0.1, -0.05) is 57.0 Å². The SMILES string of the molecule is C[C@@H]1[C@@H](C)CCC[C@H]1NC(=O)COC(=O)/C=C/c1ccccc1. The van der Waals surface area contributed by atoms with Crippen molar-refractivity contribution in [1.29, 1.82) is 0 Å². The molecule has 3 atom stereocenters. The zero-order chi connectivity index (χ0) is 16.7. The second kappa shape index (κ2) is 8.51. The van der Waals surface area contributed by atoms with Gasteiger partial charge in [0, 0.05) is 12.1 Å². The molecule has 0 bridgehead atoms. The van der Waals surface area contributed by atoms with Crippen molar-refractivity contribution in [2.45, 2.75) is 39.2 Å². The van der Waals surface area contributed by atoms with Crippen LogP contribution in [0.25, 0.3) is 6.08 Å². The van der Waals surface area contributed by atoms with Crippen molar-refractivity contribution >= 4 is 18.0 Å². The molecule has 1 aromatic rings. The maximum Gasteiger partial charge on any atom is 0.331 e. The van der Waals surface area contributed by atoms with Gasteiger partial charge in [-0.3, -0.25) is 4.79 Å². The quantitative estimate of drug-likeness (QED) is 0.670. The number of carbonyl (C=O) groups is 2. The Hall–Kier alpha value is -2.10. The molecule has 0 unspecified atom stereocenters. The van der Waals surface area contributed by atoms with Crippen LogP contribution in [-0.2, 0) is 14.3 Å². The van der Waals surface area contributed by atoms with Crippen LogP contribution in [0.3, 0.4) is 0 Å². The molecule has 1 saturated carbocycles. The van der Waals surface area contributed by atoms with Crippen LogP contribution in [0.2, 0.25) is 0 Å². The summed E-state index contributed by atoms with van der Waals surface area (Å²) in [7, 11) is 0. The van der Waals surface area contributed by atoms with Crippen LogP contribution in [0.5, 0.6) is 0 Å². The second-order valence-corrected chi connectivity index (χ2v) is 6.29. The summed E-state index contributed by atoms with van der Waals surface area (Å²) in [5.74, 6) is 0.346. The Bertz CT molecular complexity index is 553. The van der Waals surface area contributed by atoms with Crippen molar-refractivity contribution in [2.24, 2.45) is 11.8 Å². The molecule has 0 aromatic heterocycles. The average molecular weight is 315 g/mol. The minimum absolute atomic E-state index is 0.185. The summed E-state index contributed by atoms with van der Waals surface area (Å²) in [5, 5.41) is 2.99. The third kappa shape index (κ3) is 5.55. The van der Waals surface area contributed by atoms with E-state index in [0.29, 0.717) is 11.8 Å². The molecule has 1 aromatic carbocycles. The predicted molar refractivity (Wildman–Crippen MR) is 90.5 cm³/mol. The van der Waals surface area contributed by atoms with Crippen molar-refractivity contribution in [3.8, 4) is 0 Å². The standard InChI is InChI=1S/C19H25NO3/c1-14-7-6-10-17(15(14)2)20-18(21)13-23-19(22)12-11-16-8-4-3-5-9-16/h3-5,8-9,11-12,14-15,17H,6-7,10,13H2,1-2H3,(H,20,21)/b12-11+/t14-,15+,17+/m0/s1. The van der Waals surface area contributed by atoms with E-state index in [-0.39, 0.29) is 18.6 Å². The van der Waals surface area contributed by atoms with Gasteiger partial charge in [-0.25, -0.2) is 4.79 Å². The van der Waals surface area contributed by atoms with E-state index in [1.54, 1.807) is 6.08 Å². The van der Waals surface area contributed by atoms with E-state index in [0.717, 1.165) is 18.4 Å². The normalized spacial score (nSPS) is 24.3. The Kier molecular flexibility index (Phi) is 6.39. The smallest absolute Gasteiger partial charge is 0.331 e. The van der Waals surface area contributed by atoms with Gasteiger partial charge < -0.3 is 10.1 Å². The number of benzene rings is 1. The Balaban J connectivity index is 1.73. The van der Waals surface area contributed by atoms with Crippen LogP contribution < -0.4 is 5.32 Å². The van der Waals surface area contributed by atoms with Crippen molar-refractivity contribution in [2.75, 3.05) is 6.61 Å². The molecule has 124 valence electrons. The van der Waals surface area contributed by atoms with E-state index in [2.05, 4.69) is 19.2 Å². The highest BCUT2D eigenvalue weighted by atomic mass is 16.5. The van der Waals surface area contributed by atoms with Crippen LogP contribution in [0.1, 0.15) is 38.7 Å². The van der Waals surface area contributed by atoms with Gasteiger partial charge in [-0.2, -0.15) is 0 Å². The van der Waals surface area contributed by atoms with Crippen molar-refractivity contribution < 1.29 is 14.3 Å².